The molecule has 0 atom stereocenters. The maximum absolute atomic E-state index is 11.3. The summed E-state index contributed by atoms with van der Waals surface area (Å²) in [5, 5.41) is 2.35. The number of carbonyl (C=O) groups excluding carboxylic acids is 2. The monoisotopic (exact) mass is 262 g/mol. The highest BCUT2D eigenvalue weighted by Crippen LogP contribution is 1.90. The molecular formula is C9H18N4O3S. The van der Waals surface area contributed by atoms with E-state index in [1.165, 1.54) is 4.90 Å². The van der Waals surface area contributed by atoms with Crippen LogP contribution in [0.4, 0.5) is 9.59 Å². The van der Waals surface area contributed by atoms with Gasteiger partial charge in [-0.15, -0.1) is 4.99 Å². The fourth-order valence-electron chi connectivity index (χ4n) is 0.697. The molecule has 0 aliphatic carbocycles. The molecule has 0 aromatic carbocycles. The third-order valence-electron chi connectivity index (χ3n) is 1.44. The zero-order valence-corrected chi connectivity index (χ0v) is 11.3. The Morgan fingerprint density at radius 1 is 1.41 bits per heavy atom. The second kappa shape index (κ2) is 8.68. The molecule has 0 saturated carbocycles. The third kappa shape index (κ3) is 7.45. The van der Waals surface area contributed by atoms with Crippen LogP contribution < -0.4 is 10.0 Å². The summed E-state index contributed by atoms with van der Waals surface area (Å²) in [5.74, 6) is 0. The normalized spacial score (nSPS) is 10.7. The molecule has 7 nitrogen and oxygen atoms in total. The van der Waals surface area contributed by atoms with Gasteiger partial charge in [-0.25, -0.2) is 9.59 Å². The van der Waals surface area contributed by atoms with Crippen LogP contribution >= 0.6 is 11.9 Å². The van der Waals surface area contributed by atoms with E-state index in [-0.39, 0.29) is 6.02 Å². The fourth-order valence-corrected chi connectivity index (χ4v) is 0.934. The second-order valence-electron chi connectivity index (χ2n) is 3.20. The van der Waals surface area contributed by atoms with Gasteiger partial charge >= 0.3 is 18.1 Å². The molecule has 0 radical (unpaired) electrons. The molecule has 0 bridgehead atoms. The van der Waals surface area contributed by atoms with E-state index < -0.39 is 12.1 Å². The second-order valence-corrected chi connectivity index (χ2v) is 3.82. The quantitative estimate of drug-likeness (QED) is 0.452. The fraction of sp³-hybridized carbons (Fsp3) is 0.667. The number of ether oxygens (including phenoxy) is 1. The Bertz CT molecular complexity index is 294. The Kier molecular flexibility index (Phi) is 7.95. The molecule has 0 aliphatic rings. The molecule has 98 valence electrons. The van der Waals surface area contributed by atoms with Crippen LogP contribution in [-0.2, 0) is 4.74 Å². The third-order valence-corrected chi connectivity index (χ3v) is 1.83. The summed E-state index contributed by atoms with van der Waals surface area (Å²) in [6, 6.07) is -1.09. The SMILES string of the molecule is CCCOC(=NC(=O)N(C)C)NC(=O)NSC. The number of hydrogen-bond acceptors (Lipinski definition) is 4. The topological polar surface area (TPSA) is 83.0 Å². The average molecular weight is 262 g/mol. The average Bonchev–Trinajstić information content (AvgIpc) is 2.25. The van der Waals surface area contributed by atoms with E-state index in [1.807, 2.05) is 6.92 Å². The summed E-state index contributed by atoms with van der Waals surface area (Å²) in [6.07, 6.45) is 2.45. The van der Waals surface area contributed by atoms with Crippen LogP contribution in [0, 0.1) is 0 Å². The summed E-state index contributed by atoms with van der Waals surface area (Å²) < 4.78 is 7.59. The number of urea groups is 2. The molecule has 8 heteroatoms. The zero-order chi connectivity index (χ0) is 13.3. The van der Waals surface area contributed by atoms with Gasteiger partial charge in [0.25, 0.3) is 0 Å². The van der Waals surface area contributed by atoms with E-state index in [4.69, 9.17) is 4.74 Å². The molecule has 17 heavy (non-hydrogen) atoms. The standard InChI is InChI=1S/C9H18N4O3S/c1-5-6-16-8(10-7(14)12-17-4)11-9(15)13(2)3/h5-6H2,1-4H3,(H2,10,11,12,14,15). The first kappa shape index (κ1) is 15.6. The molecule has 0 rings (SSSR count). The summed E-state index contributed by atoms with van der Waals surface area (Å²) in [4.78, 5) is 27.5. The minimum absolute atomic E-state index is 0.0999. The van der Waals surface area contributed by atoms with Crippen LogP contribution in [-0.4, -0.2) is 49.9 Å². The summed E-state index contributed by atoms with van der Waals surface area (Å²) in [5.41, 5.74) is 0. The van der Waals surface area contributed by atoms with Gasteiger partial charge in [-0.1, -0.05) is 18.9 Å². The lowest BCUT2D eigenvalue weighted by Crippen LogP contribution is -2.39. The molecule has 0 heterocycles. The summed E-state index contributed by atoms with van der Waals surface area (Å²) in [6.45, 7) is 2.28. The molecule has 0 aromatic heterocycles. The van der Waals surface area contributed by atoms with Crippen molar-refractivity contribution in [2.45, 2.75) is 13.3 Å². The first-order chi connectivity index (χ1) is 8.01. The highest BCUT2D eigenvalue weighted by molar-refractivity contribution is 7.97. The van der Waals surface area contributed by atoms with Gasteiger partial charge in [0.1, 0.15) is 0 Å². The van der Waals surface area contributed by atoms with Gasteiger partial charge in [0.2, 0.25) is 0 Å². The van der Waals surface area contributed by atoms with Crippen LogP contribution in [0.3, 0.4) is 0 Å². The van der Waals surface area contributed by atoms with Gasteiger partial charge < -0.3 is 9.64 Å². The van der Waals surface area contributed by atoms with Crippen molar-refractivity contribution in [1.82, 2.24) is 14.9 Å². The molecule has 0 saturated heterocycles. The highest BCUT2D eigenvalue weighted by atomic mass is 32.2. The van der Waals surface area contributed by atoms with E-state index in [1.54, 1.807) is 20.4 Å². The number of amidine groups is 1. The van der Waals surface area contributed by atoms with Crippen LogP contribution in [0.25, 0.3) is 0 Å². The Morgan fingerprint density at radius 3 is 2.53 bits per heavy atom. The lowest BCUT2D eigenvalue weighted by Gasteiger charge is -2.11. The number of nitrogens with zero attached hydrogens (tertiary/aromatic N) is 2. The van der Waals surface area contributed by atoms with E-state index in [2.05, 4.69) is 15.0 Å². The van der Waals surface area contributed by atoms with E-state index >= 15 is 0 Å². The maximum atomic E-state index is 11.3. The molecule has 0 spiro atoms. The van der Waals surface area contributed by atoms with Crippen molar-refractivity contribution in [2.75, 3.05) is 27.0 Å². The molecule has 0 unspecified atom stereocenters. The maximum Gasteiger partial charge on any atom is 0.347 e. The van der Waals surface area contributed by atoms with E-state index in [9.17, 15) is 9.59 Å². The Hall–Kier alpha value is -1.44. The zero-order valence-electron chi connectivity index (χ0n) is 10.4. The first-order valence-electron chi connectivity index (χ1n) is 5.04. The molecular weight excluding hydrogens is 244 g/mol. The van der Waals surface area contributed by atoms with Crippen molar-refractivity contribution >= 4 is 30.0 Å². The minimum atomic E-state index is -0.499. The van der Waals surface area contributed by atoms with Crippen molar-refractivity contribution in [3.63, 3.8) is 0 Å². The van der Waals surface area contributed by atoms with Crippen molar-refractivity contribution < 1.29 is 14.3 Å². The molecule has 2 N–H and O–H groups in total. The van der Waals surface area contributed by atoms with Crippen molar-refractivity contribution in [3.8, 4) is 0 Å². The number of amides is 4. The van der Waals surface area contributed by atoms with Crippen LogP contribution in [0.1, 0.15) is 13.3 Å². The van der Waals surface area contributed by atoms with Gasteiger partial charge in [0, 0.05) is 20.4 Å². The van der Waals surface area contributed by atoms with Gasteiger partial charge in [0.05, 0.1) is 6.61 Å². The Morgan fingerprint density at radius 2 is 2.06 bits per heavy atom. The summed E-state index contributed by atoms with van der Waals surface area (Å²) in [7, 11) is 3.12. The van der Waals surface area contributed by atoms with Crippen molar-refractivity contribution in [2.24, 2.45) is 4.99 Å². The predicted octanol–water partition coefficient (Wildman–Crippen LogP) is 1.03. The molecule has 0 aromatic rings. The smallest absolute Gasteiger partial charge is 0.347 e. The van der Waals surface area contributed by atoms with Crippen LogP contribution in [0.5, 0.6) is 0 Å². The van der Waals surface area contributed by atoms with Gasteiger partial charge in [0.15, 0.2) is 0 Å². The number of hydrogen-bond donors (Lipinski definition) is 2. The number of rotatable bonds is 3. The highest BCUT2D eigenvalue weighted by Gasteiger charge is 2.10. The minimum Gasteiger partial charge on any atom is -0.465 e. The van der Waals surface area contributed by atoms with Crippen molar-refractivity contribution in [1.29, 1.82) is 0 Å². The van der Waals surface area contributed by atoms with E-state index in [0.29, 0.717) is 6.61 Å². The van der Waals surface area contributed by atoms with Crippen molar-refractivity contribution in [3.05, 3.63) is 0 Å². The summed E-state index contributed by atoms with van der Waals surface area (Å²) >= 11 is 1.13. The largest absolute Gasteiger partial charge is 0.465 e. The van der Waals surface area contributed by atoms with Gasteiger partial charge in [-0.3, -0.25) is 10.0 Å². The van der Waals surface area contributed by atoms with Crippen LogP contribution in [0.2, 0.25) is 0 Å². The van der Waals surface area contributed by atoms with Gasteiger partial charge in [-0.05, 0) is 6.42 Å². The lowest BCUT2D eigenvalue weighted by molar-refractivity contribution is 0.224. The number of carbonyl (C=O) groups is 2. The Balaban J connectivity index is 4.52. The first-order valence-corrected chi connectivity index (χ1v) is 6.26. The molecule has 4 amide bonds. The molecule has 0 aliphatic heterocycles. The predicted molar refractivity (Wildman–Crippen MR) is 67.9 cm³/mol. The Labute approximate surface area is 105 Å². The van der Waals surface area contributed by atoms with Crippen LogP contribution in [0.15, 0.2) is 4.99 Å². The van der Waals surface area contributed by atoms with E-state index in [0.717, 1.165) is 18.4 Å². The number of nitrogens with one attached hydrogen (secondary N) is 2. The lowest BCUT2D eigenvalue weighted by atomic mass is 10.5. The van der Waals surface area contributed by atoms with Gasteiger partial charge in [-0.2, -0.15) is 0 Å². The number of aliphatic imine (C=N–C) groups is 1. The molecule has 0 fully saturated rings.